The third kappa shape index (κ3) is 3.13. The molecule has 2 rings (SSSR count). The minimum atomic E-state index is -1.06. The smallest absolute Gasteiger partial charge is 0.318 e. The van der Waals surface area contributed by atoms with Gasteiger partial charge in [0.05, 0.1) is 19.3 Å². The molecule has 0 spiro atoms. The maximum absolute atomic E-state index is 12.2. The number of carboxylic acid groups (broad SMARTS) is 1. The van der Waals surface area contributed by atoms with E-state index < -0.39 is 41.8 Å². The second-order valence-electron chi connectivity index (χ2n) is 5.00. The van der Waals surface area contributed by atoms with Gasteiger partial charge in [-0.15, -0.1) is 0 Å². The molecule has 9 nitrogen and oxygen atoms in total. The number of hydrogen-bond donors (Lipinski definition) is 3. The Kier molecular flexibility index (Phi) is 4.41. The van der Waals surface area contributed by atoms with Crippen LogP contribution in [0.25, 0.3) is 0 Å². The molecule has 0 saturated carbocycles. The van der Waals surface area contributed by atoms with Crippen molar-refractivity contribution in [3.05, 3.63) is 0 Å². The highest BCUT2D eigenvalue weighted by atomic mass is 16.5. The van der Waals surface area contributed by atoms with E-state index in [1.165, 1.54) is 0 Å². The van der Waals surface area contributed by atoms with Gasteiger partial charge in [-0.05, 0) is 6.42 Å². The number of imide groups is 1. The third-order valence-corrected chi connectivity index (χ3v) is 3.61. The maximum atomic E-state index is 12.2. The Labute approximate surface area is 120 Å². The number of piperazine rings is 1. The van der Waals surface area contributed by atoms with Crippen molar-refractivity contribution in [2.75, 3.05) is 19.8 Å². The van der Waals surface area contributed by atoms with Crippen molar-refractivity contribution in [2.24, 2.45) is 5.92 Å². The van der Waals surface area contributed by atoms with Crippen LogP contribution in [0.3, 0.4) is 0 Å². The average Bonchev–Trinajstić information content (AvgIpc) is 2.86. The van der Waals surface area contributed by atoms with Gasteiger partial charge in [-0.1, -0.05) is 6.92 Å². The van der Waals surface area contributed by atoms with E-state index in [1.54, 1.807) is 6.92 Å². The topological polar surface area (TPSA) is 125 Å². The van der Waals surface area contributed by atoms with Crippen LogP contribution in [0.5, 0.6) is 0 Å². The summed E-state index contributed by atoms with van der Waals surface area (Å²) in [5.74, 6) is -2.97. The lowest BCUT2D eigenvalue weighted by Crippen LogP contribution is -2.62. The number of ether oxygens (including phenoxy) is 1. The minimum Gasteiger partial charge on any atom is -0.481 e. The number of aliphatic carboxylic acids is 1. The van der Waals surface area contributed by atoms with E-state index >= 15 is 0 Å². The Hall–Kier alpha value is -2.16. The third-order valence-electron chi connectivity index (χ3n) is 3.61. The fourth-order valence-electron chi connectivity index (χ4n) is 2.47. The van der Waals surface area contributed by atoms with Crippen molar-refractivity contribution < 1.29 is 29.0 Å². The first-order valence-corrected chi connectivity index (χ1v) is 6.65. The van der Waals surface area contributed by atoms with Gasteiger partial charge < -0.3 is 20.1 Å². The van der Waals surface area contributed by atoms with Gasteiger partial charge in [0, 0.05) is 0 Å². The zero-order valence-corrected chi connectivity index (χ0v) is 11.5. The second kappa shape index (κ2) is 6.08. The molecule has 116 valence electrons. The molecule has 3 atom stereocenters. The Morgan fingerprint density at radius 3 is 2.76 bits per heavy atom. The van der Waals surface area contributed by atoms with E-state index in [2.05, 4.69) is 10.6 Å². The second-order valence-corrected chi connectivity index (χ2v) is 5.00. The number of nitrogens with one attached hydrogen (secondary N) is 2. The zero-order valence-electron chi connectivity index (χ0n) is 11.5. The number of rotatable bonds is 3. The van der Waals surface area contributed by atoms with Gasteiger partial charge in [0.25, 0.3) is 0 Å². The predicted octanol–water partition coefficient (Wildman–Crippen LogP) is -1.47. The highest BCUT2D eigenvalue weighted by Crippen LogP contribution is 2.16. The number of carboxylic acids is 1. The first kappa shape index (κ1) is 15.2. The molecule has 2 aliphatic rings. The highest BCUT2D eigenvalue weighted by molar-refractivity contribution is 6.04. The molecule has 0 aliphatic carbocycles. The van der Waals surface area contributed by atoms with E-state index in [9.17, 15) is 19.2 Å². The SMILES string of the molecule is CCC1C(=O)NC(=O)CN1C(=O)NC1COCC1C(=O)O. The lowest BCUT2D eigenvalue weighted by molar-refractivity contribution is -0.142. The molecule has 0 aromatic heterocycles. The molecule has 2 fully saturated rings. The molecular weight excluding hydrogens is 282 g/mol. The Balaban J connectivity index is 2.06. The molecule has 2 aliphatic heterocycles. The van der Waals surface area contributed by atoms with E-state index in [0.717, 1.165) is 4.90 Å². The number of carbonyl (C=O) groups excluding carboxylic acids is 3. The van der Waals surface area contributed by atoms with Gasteiger partial charge >= 0.3 is 12.0 Å². The molecule has 9 heteroatoms. The molecule has 21 heavy (non-hydrogen) atoms. The summed E-state index contributed by atoms with van der Waals surface area (Å²) in [6.45, 7) is 1.60. The Bertz CT molecular complexity index is 480. The summed E-state index contributed by atoms with van der Waals surface area (Å²) in [6, 6.07) is -2.05. The van der Waals surface area contributed by atoms with Crippen molar-refractivity contribution in [3.63, 3.8) is 0 Å². The Morgan fingerprint density at radius 2 is 2.14 bits per heavy atom. The fraction of sp³-hybridized carbons (Fsp3) is 0.667. The van der Waals surface area contributed by atoms with Crippen LogP contribution in [-0.4, -0.2) is 65.7 Å². The molecular formula is C12H17N3O6. The van der Waals surface area contributed by atoms with E-state index in [-0.39, 0.29) is 19.8 Å². The van der Waals surface area contributed by atoms with Crippen LogP contribution in [0.2, 0.25) is 0 Å². The van der Waals surface area contributed by atoms with Crippen LogP contribution < -0.4 is 10.6 Å². The predicted molar refractivity (Wildman–Crippen MR) is 68.2 cm³/mol. The molecule has 0 radical (unpaired) electrons. The van der Waals surface area contributed by atoms with E-state index in [1.807, 2.05) is 0 Å². The Morgan fingerprint density at radius 1 is 1.43 bits per heavy atom. The fourth-order valence-corrected chi connectivity index (χ4v) is 2.47. The summed E-state index contributed by atoms with van der Waals surface area (Å²) in [5.41, 5.74) is 0. The molecule has 3 N–H and O–H groups in total. The standard InChI is InChI=1S/C12H17N3O6/c1-2-8-10(17)14-9(16)3-15(8)12(20)13-7-5-21-4-6(7)11(18)19/h6-8H,2-5H2,1H3,(H,13,20)(H,18,19)(H,14,16,17). The van der Waals surface area contributed by atoms with Crippen LogP contribution in [0.15, 0.2) is 0 Å². The number of nitrogens with zero attached hydrogens (tertiary/aromatic N) is 1. The van der Waals surface area contributed by atoms with Crippen molar-refractivity contribution >= 4 is 23.8 Å². The summed E-state index contributed by atoms with van der Waals surface area (Å²) in [4.78, 5) is 47.4. The van der Waals surface area contributed by atoms with Gasteiger partial charge in [-0.3, -0.25) is 19.7 Å². The molecule has 2 saturated heterocycles. The molecule has 4 amide bonds. The van der Waals surface area contributed by atoms with E-state index in [0.29, 0.717) is 6.42 Å². The average molecular weight is 299 g/mol. The van der Waals surface area contributed by atoms with Crippen molar-refractivity contribution in [3.8, 4) is 0 Å². The number of hydrogen-bond acceptors (Lipinski definition) is 5. The van der Waals surface area contributed by atoms with Crippen LogP contribution in [-0.2, 0) is 19.1 Å². The van der Waals surface area contributed by atoms with Crippen LogP contribution in [0, 0.1) is 5.92 Å². The minimum absolute atomic E-state index is 0.0247. The quantitative estimate of drug-likeness (QED) is 0.547. The van der Waals surface area contributed by atoms with Gasteiger partial charge in [-0.2, -0.15) is 0 Å². The van der Waals surface area contributed by atoms with Crippen molar-refractivity contribution in [1.82, 2.24) is 15.5 Å². The summed E-state index contributed by atoms with van der Waals surface area (Å²) in [7, 11) is 0. The summed E-state index contributed by atoms with van der Waals surface area (Å²) in [6.07, 6.45) is 0.357. The first-order chi connectivity index (χ1) is 9.93. The monoisotopic (exact) mass is 299 g/mol. The van der Waals surface area contributed by atoms with Crippen molar-refractivity contribution in [1.29, 1.82) is 0 Å². The molecule has 3 unspecified atom stereocenters. The largest absolute Gasteiger partial charge is 0.481 e. The summed E-state index contributed by atoms with van der Waals surface area (Å²) < 4.78 is 5.05. The van der Waals surface area contributed by atoms with Gasteiger partial charge in [0.2, 0.25) is 11.8 Å². The van der Waals surface area contributed by atoms with Gasteiger partial charge in [0.1, 0.15) is 18.5 Å². The lowest BCUT2D eigenvalue weighted by atomic mass is 10.0. The van der Waals surface area contributed by atoms with Crippen LogP contribution >= 0.6 is 0 Å². The van der Waals surface area contributed by atoms with E-state index in [4.69, 9.17) is 9.84 Å². The number of amides is 4. The van der Waals surface area contributed by atoms with Gasteiger partial charge in [-0.25, -0.2) is 4.79 Å². The lowest BCUT2D eigenvalue weighted by Gasteiger charge is -2.34. The number of carbonyl (C=O) groups is 4. The van der Waals surface area contributed by atoms with Crippen LogP contribution in [0.4, 0.5) is 4.79 Å². The highest BCUT2D eigenvalue weighted by Gasteiger charge is 2.39. The molecule has 0 aromatic rings. The normalized spacial score (nSPS) is 29.2. The number of urea groups is 1. The maximum Gasteiger partial charge on any atom is 0.318 e. The molecule has 0 aromatic carbocycles. The van der Waals surface area contributed by atoms with Crippen molar-refractivity contribution in [2.45, 2.75) is 25.4 Å². The summed E-state index contributed by atoms with van der Waals surface area (Å²) >= 11 is 0. The first-order valence-electron chi connectivity index (χ1n) is 6.65. The van der Waals surface area contributed by atoms with Crippen LogP contribution in [0.1, 0.15) is 13.3 Å². The summed E-state index contributed by atoms with van der Waals surface area (Å²) in [5, 5.41) is 13.7. The molecule has 2 heterocycles. The molecule has 0 bridgehead atoms. The zero-order chi connectivity index (χ0) is 15.6. The van der Waals surface area contributed by atoms with Gasteiger partial charge in [0.15, 0.2) is 0 Å².